The Bertz CT molecular complexity index is 460. The van der Waals surface area contributed by atoms with Crippen molar-refractivity contribution < 1.29 is 70.9 Å². The van der Waals surface area contributed by atoms with Crippen LogP contribution in [0.1, 0.15) is 124 Å². The smallest absolute Gasteiger partial charge is 1.00 e. The van der Waals surface area contributed by atoms with Crippen molar-refractivity contribution in [3.63, 3.8) is 0 Å². The van der Waals surface area contributed by atoms with Gasteiger partial charge in [0, 0.05) is 6.61 Å². The van der Waals surface area contributed by atoms with Crippen LogP contribution in [0.5, 0.6) is 0 Å². The van der Waals surface area contributed by atoms with Gasteiger partial charge in [-0.3, -0.25) is 9.59 Å². The van der Waals surface area contributed by atoms with Gasteiger partial charge in [-0.05, 0) is 6.42 Å². The number of carboxylic acids is 3. The van der Waals surface area contributed by atoms with Gasteiger partial charge in [0.05, 0.1) is 12.8 Å². The fourth-order valence-corrected chi connectivity index (χ4v) is 3.37. The molecule has 0 aliphatic rings. The zero-order chi connectivity index (χ0) is 24.7. The minimum Gasteiger partial charge on any atom is -1.00 e. The van der Waals surface area contributed by atoms with Crippen LogP contribution in [0.3, 0.4) is 0 Å². The van der Waals surface area contributed by atoms with Gasteiger partial charge in [0.2, 0.25) is 0 Å². The normalized spacial score (nSPS) is 10.6. The molecule has 0 saturated carbocycles. The summed E-state index contributed by atoms with van der Waals surface area (Å²) in [5.41, 5.74) is -2.74. The SMILES string of the molecule is CCCCCCCCCCCCCCCCCCO.O=C(O)CC(O)(CC(=O)O)C(=O)O.[H-].[Na+]. The number of unbranched alkanes of at least 4 members (excludes halogenated alkanes) is 15. The van der Waals surface area contributed by atoms with E-state index in [-0.39, 0.29) is 31.0 Å². The van der Waals surface area contributed by atoms with E-state index < -0.39 is 36.4 Å². The number of rotatable bonds is 21. The number of aliphatic carboxylic acids is 3. The molecule has 192 valence electrons. The van der Waals surface area contributed by atoms with Gasteiger partial charge in [-0.15, -0.1) is 0 Å². The van der Waals surface area contributed by atoms with Gasteiger partial charge in [-0.25, -0.2) is 4.79 Å². The Morgan fingerprint density at radius 3 is 1.09 bits per heavy atom. The number of carbonyl (C=O) groups is 3. The van der Waals surface area contributed by atoms with Crippen molar-refractivity contribution in [2.45, 2.75) is 128 Å². The Kier molecular flexibility index (Phi) is 29.0. The van der Waals surface area contributed by atoms with E-state index in [0.717, 1.165) is 6.42 Å². The van der Waals surface area contributed by atoms with Crippen molar-refractivity contribution in [2.75, 3.05) is 6.61 Å². The fourth-order valence-electron chi connectivity index (χ4n) is 3.37. The third-order valence-corrected chi connectivity index (χ3v) is 5.30. The first kappa shape index (κ1) is 36.9. The maximum absolute atomic E-state index is 10.3. The molecule has 0 aromatic carbocycles. The molecule has 0 saturated heterocycles. The molecule has 0 rings (SSSR count). The zero-order valence-electron chi connectivity index (χ0n) is 21.9. The van der Waals surface area contributed by atoms with Crippen LogP contribution in [0.15, 0.2) is 0 Å². The summed E-state index contributed by atoms with van der Waals surface area (Å²) in [5, 5.41) is 42.5. The quantitative estimate of drug-likeness (QED) is 0.122. The second-order valence-corrected chi connectivity index (χ2v) is 8.50. The van der Waals surface area contributed by atoms with Crippen LogP contribution >= 0.6 is 0 Å². The van der Waals surface area contributed by atoms with Crippen molar-refractivity contribution in [1.82, 2.24) is 0 Å². The van der Waals surface area contributed by atoms with E-state index >= 15 is 0 Å². The Hall–Kier alpha value is -0.670. The van der Waals surface area contributed by atoms with E-state index in [0.29, 0.717) is 6.61 Å². The van der Waals surface area contributed by atoms with Crippen LogP contribution in [0.2, 0.25) is 0 Å². The molecular formula is C24H47NaO8. The molecule has 9 heteroatoms. The van der Waals surface area contributed by atoms with Crippen molar-refractivity contribution in [1.29, 1.82) is 0 Å². The summed E-state index contributed by atoms with van der Waals surface area (Å²) in [6, 6.07) is 0. The number of aliphatic hydroxyl groups excluding tert-OH is 1. The van der Waals surface area contributed by atoms with E-state index in [1.807, 2.05) is 0 Å². The Morgan fingerprint density at radius 2 is 0.879 bits per heavy atom. The van der Waals surface area contributed by atoms with Crippen molar-refractivity contribution in [2.24, 2.45) is 0 Å². The van der Waals surface area contributed by atoms with Gasteiger partial charge in [0.1, 0.15) is 0 Å². The topological polar surface area (TPSA) is 152 Å². The minimum atomic E-state index is -2.74. The summed E-state index contributed by atoms with van der Waals surface area (Å²) in [6.45, 7) is 2.66. The maximum atomic E-state index is 10.3. The van der Waals surface area contributed by atoms with Gasteiger partial charge < -0.3 is 27.0 Å². The van der Waals surface area contributed by atoms with Crippen LogP contribution in [-0.4, -0.2) is 55.6 Å². The molecule has 0 aromatic heterocycles. The van der Waals surface area contributed by atoms with Gasteiger partial charge >= 0.3 is 47.5 Å². The Labute approximate surface area is 222 Å². The van der Waals surface area contributed by atoms with E-state index in [4.69, 9.17) is 25.5 Å². The molecule has 0 spiro atoms. The first-order chi connectivity index (χ1) is 15.2. The molecule has 0 unspecified atom stereocenters. The molecule has 0 amide bonds. The second kappa shape index (κ2) is 25.9. The summed E-state index contributed by atoms with van der Waals surface area (Å²) in [6.07, 6.45) is 19.9. The fraction of sp³-hybridized carbons (Fsp3) is 0.875. The summed E-state index contributed by atoms with van der Waals surface area (Å²) in [4.78, 5) is 30.5. The van der Waals surface area contributed by atoms with Crippen molar-refractivity contribution in [3.8, 4) is 0 Å². The average Bonchev–Trinajstić information content (AvgIpc) is 2.70. The first-order valence-corrected chi connectivity index (χ1v) is 12.2. The van der Waals surface area contributed by atoms with Crippen LogP contribution in [0.25, 0.3) is 0 Å². The Morgan fingerprint density at radius 1 is 0.606 bits per heavy atom. The number of hydrogen-bond donors (Lipinski definition) is 5. The second-order valence-electron chi connectivity index (χ2n) is 8.50. The number of aliphatic hydroxyl groups is 2. The molecule has 0 heterocycles. The van der Waals surface area contributed by atoms with E-state index in [2.05, 4.69) is 6.92 Å². The molecule has 0 radical (unpaired) electrons. The molecule has 0 atom stereocenters. The standard InChI is InChI=1S/C18H38O.C6H8O7.Na.H/c1-2-3-4-5-6-7-8-9-10-11-12-13-14-15-16-17-18-19;7-3(8)1-6(13,5(11)12)2-4(9)10;;/h19H,2-18H2,1H3;13H,1-2H2,(H,7,8)(H,9,10)(H,11,12);;/q;;+1;-1. The van der Waals surface area contributed by atoms with E-state index in [1.165, 1.54) is 96.3 Å². The van der Waals surface area contributed by atoms with E-state index in [9.17, 15) is 14.4 Å². The summed E-state index contributed by atoms with van der Waals surface area (Å²) in [5.74, 6) is -5.02. The zero-order valence-corrected chi connectivity index (χ0v) is 22.9. The molecular weight excluding hydrogens is 439 g/mol. The molecule has 0 aliphatic heterocycles. The van der Waals surface area contributed by atoms with Crippen molar-refractivity contribution >= 4 is 17.9 Å². The summed E-state index contributed by atoms with van der Waals surface area (Å²) >= 11 is 0. The van der Waals surface area contributed by atoms with Crippen LogP contribution in [-0.2, 0) is 14.4 Å². The molecule has 0 aliphatic carbocycles. The third-order valence-electron chi connectivity index (χ3n) is 5.30. The van der Waals surface area contributed by atoms with E-state index in [1.54, 1.807) is 0 Å². The van der Waals surface area contributed by atoms with Crippen LogP contribution in [0.4, 0.5) is 0 Å². The minimum absolute atomic E-state index is 0. The van der Waals surface area contributed by atoms with Gasteiger partial charge in [0.25, 0.3) is 0 Å². The molecule has 0 fully saturated rings. The molecule has 33 heavy (non-hydrogen) atoms. The van der Waals surface area contributed by atoms with Crippen molar-refractivity contribution in [3.05, 3.63) is 0 Å². The third kappa shape index (κ3) is 27.5. The van der Waals surface area contributed by atoms with Crippen LogP contribution < -0.4 is 29.6 Å². The van der Waals surface area contributed by atoms with Crippen LogP contribution in [0, 0.1) is 0 Å². The summed E-state index contributed by atoms with van der Waals surface area (Å²) in [7, 11) is 0. The van der Waals surface area contributed by atoms with Gasteiger partial charge in [-0.1, -0.05) is 103 Å². The number of carboxylic acid groups (broad SMARTS) is 3. The predicted octanol–water partition coefficient (Wildman–Crippen LogP) is 2.11. The van der Waals surface area contributed by atoms with Gasteiger partial charge in [-0.2, -0.15) is 0 Å². The largest absolute Gasteiger partial charge is 1.00 e. The monoisotopic (exact) mass is 486 g/mol. The molecule has 0 bridgehead atoms. The molecule has 0 aromatic rings. The average molecular weight is 487 g/mol. The predicted molar refractivity (Wildman–Crippen MR) is 125 cm³/mol. The van der Waals surface area contributed by atoms with Gasteiger partial charge in [0.15, 0.2) is 5.60 Å². The molecule has 8 nitrogen and oxygen atoms in total. The summed E-state index contributed by atoms with van der Waals surface area (Å²) < 4.78 is 0. The number of hydrogen-bond acceptors (Lipinski definition) is 5. The Balaban J connectivity index is -0.000000266. The molecule has 5 N–H and O–H groups in total. The first-order valence-electron chi connectivity index (χ1n) is 12.2. The maximum Gasteiger partial charge on any atom is 1.00 e.